The molecule has 0 aromatic rings. The maximum absolute atomic E-state index is 9.93. The molecule has 0 saturated carbocycles. The minimum absolute atomic E-state index is 0. The first-order valence-electron chi connectivity index (χ1n) is 3.82. The van der Waals surface area contributed by atoms with Gasteiger partial charge in [-0.15, -0.1) is 0 Å². The van der Waals surface area contributed by atoms with Crippen molar-refractivity contribution < 1.29 is 37.6 Å². The summed E-state index contributed by atoms with van der Waals surface area (Å²) in [7, 11) is 0. The van der Waals surface area contributed by atoms with Gasteiger partial charge in [0.05, 0.1) is 0 Å². The Labute approximate surface area is 88.9 Å². The Morgan fingerprint density at radius 1 is 1.36 bits per heavy atom. The van der Waals surface area contributed by atoms with E-state index in [-0.39, 0.29) is 34.1 Å². The van der Waals surface area contributed by atoms with Crippen LogP contribution in [0.3, 0.4) is 0 Å². The van der Waals surface area contributed by atoms with E-state index in [4.69, 9.17) is 0 Å². The van der Waals surface area contributed by atoms with Crippen LogP contribution in [-0.4, -0.2) is 5.97 Å². The molecule has 61 valence electrons. The molecule has 0 spiro atoms. The van der Waals surface area contributed by atoms with Crippen LogP contribution in [0.5, 0.6) is 0 Å². The average Bonchev–Trinajstić information content (AvgIpc) is 1.79. The van der Waals surface area contributed by atoms with E-state index >= 15 is 0 Å². The standard InChI is InChI=1S/C8H16O2.Hg/c1-7(2)5-3-4-6-8(9)10;/h7H,3-6H2,1-2H3,(H,9,10);/q;+1/p-1. The van der Waals surface area contributed by atoms with Crippen molar-refractivity contribution in [3.05, 3.63) is 0 Å². The average molecular weight is 344 g/mol. The number of carboxylic acids is 1. The first-order valence-corrected chi connectivity index (χ1v) is 3.82. The number of carbonyl (C=O) groups is 1. The number of rotatable bonds is 5. The normalized spacial score (nSPS) is 9.36. The third-order valence-electron chi connectivity index (χ3n) is 1.41. The van der Waals surface area contributed by atoms with Crippen molar-refractivity contribution in [3.8, 4) is 0 Å². The van der Waals surface area contributed by atoms with Gasteiger partial charge in [0.25, 0.3) is 0 Å². The van der Waals surface area contributed by atoms with Gasteiger partial charge in [0.1, 0.15) is 0 Å². The zero-order chi connectivity index (χ0) is 7.98. The third kappa shape index (κ3) is 13.4. The Kier molecular flexibility index (Phi) is 10.8. The Hall–Kier alpha value is 0.405. The summed E-state index contributed by atoms with van der Waals surface area (Å²) in [5.41, 5.74) is 0. The van der Waals surface area contributed by atoms with Crippen molar-refractivity contribution in [1.29, 1.82) is 0 Å². The minimum atomic E-state index is -0.927. The second kappa shape index (κ2) is 8.50. The molecule has 2 nitrogen and oxygen atoms in total. The van der Waals surface area contributed by atoms with Crippen LogP contribution in [0.1, 0.15) is 39.5 Å². The number of carboxylic acid groups (broad SMARTS) is 1. The van der Waals surface area contributed by atoms with Gasteiger partial charge in [0.2, 0.25) is 0 Å². The third-order valence-corrected chi connectivity index (χ3v) is 1.41. The molecule has 0 fully saturated rings. The van der Waals surface area contributed by atoms with Crippen LogP contribution < -0.4 is 5.11 Å². The molecule has 0 aromatic heterocycles. The van der Waals surface area contributed by atoms with E-state index in [2.05, 4.69) is 13.8 Å². The Balaban J connectivity index is 0. The molecule has 0 bridgehead atoms. The minimum Gasteiger partial charge on any atom is -0.550 e. The molecule has 11 heavy (non-hydrogen) atoms. The predicted molar refractivity (Wildman–Crippen MR) is 38.3 cm³/mol. The second-order valence-corrected chi connectivity index (χ2v) is 3.01. The summed E-state index contributed by atoms with van der Waals surface area (Å²) in [5.74, 6) is -0.245. The summed E-state index contributed by atoms with van der Waals surface area (Å²) in [6.07, 6.45) is 3.10. The number of carbonyl (C=O) groups excluding carboxylic acids is 1. The number of hydrogen-bond acceptors (Lipinski definition) is 2. The smallest absolute Gasteiger partial charge is 0.550 e. The summed E-state index contributed by atoms with van der Waals surface area (Å²) in [4.78, 5) is 9.93. The van der Waals surface area contributed by atoms with Gasteiger partial charge in [-0.2, -0.15) is 0 Å². The summed E-state index contributed by atoms with van der Waals surface area (Å²) >= 11 is 0. The Morgan fingerprint density at radius 2 is 1.91 bits per heavy atom. The van der Waals surface area contributed by atoms with Crippen LogP contribution in [-0.2, 0) is 32.5 Å². The van der Waals surface area contributed by atoms with Crippen molar-refractivity contribution in [3.63, 3.8) is 0 Å². The first kappa shape index (κ1) is 14.0. The molecule has 0 N–H and O–H groups in total. The summed E-state index contributed by atoms with van der Waals surface area (Å²) in [6, 6.07) is 0. The van der Waals surface area contributed by atoms with Gasteiger partial charge in [-0.1, -0.05) is 26.7 Å². The van der Waals surface area contributed by atoms with E-state index in [0.717, 1.165) is 19.3 Å². The predicted octanol–water partition coefficient (Wildman–Crippen LogP) is 0.950. The Bertz CT molecular complexity index is 102. The second-order valence-electron chi connectivity index (χ2n) is 3.01. The molecule has 0 amide bonds. The van der Waals surface area contributed by atoms with E-state index in [0.29, 0.717) is 5.92 Å². The zero-order valence-corrected chi connectivity index (χ0v) is 12.9. The molecule has 0 aliphatic rings. The van der Waals surface area contributed by atoms with E-state index in [1.807, 2.05) is 0 Å². The maximum Gasteiger partial charge on any atom is 1.00 e. The molecule has 0 aliphatic heterocycles. The van der Waals surface area contributed by atoms with Gasteiger partial charge in [0.15, 0.2) is 0 Å². The monoisotopic (exact) mass is 345 g/mol. The molecule has 1 radical (unpaired) electrons. The quantitative estimate of drug-likeness (QED) is 0.551. The van der Waals surface area contributed by atoms with Crippen LogP contribution in [0.2, 0.25) is 0 Å². The van der Waals surface area contributed by atoms with Gasteiger partial charge < -0.3 is 9.90 Å². The van der Waals surface area contributed by atoms with Gasteiger partial charge in [0, 0.05) is 5.97 Å². The molecule has 0 rings (SSSR count). The SMILES string of the molecule is CC(C)CCCCC(=O)[O-].[Hg+]. The topological polar surface area (TPSA) is 40.1 Å². The molecule has 0 heterocycles. The van der Waals surface area contributed by atoms with Crippen LogP contribution in [0, 0.1) is 5.92 Å². The van der Waals surface area contributed by atoms with Crippen molar-refractivity contribution in [2.75, 3.05) is 0 Å². The van der Waals surface area contributed by atoms with Crippen molar-refractivity contribution in [1.82, 2.24) is 0 Å². The number of unbranched alkanes of at least 4 members (excludes halogenated alkanes) is 1. The molecule has 3 heteroatoms. The van der Waals surface area contributed by atoms with Crippen LogP contribution in [0.15, 0.2) is 0 Å². The fourth-order valence-electron chi connectivity index (χ4n) is 0.822. The van der Waals surface area contributed by atoms with Crippen molar-refractivity contribution in [2.24, 2.45) is 5.92 Å². The molecule has 0 aromatic carbocycles. The van der Waals surface area contributed by atoms with Gasteiger partial charge in [-0.25, -0.2) is 0 Å². The van der Waals surface area contributed by atoms with Crippen LogP contribution in [0.25, 0.3) is 0 Å². The molecule has 0 atom stereocenters. The summed E-state index contributed by atoms with van der Waals surface area (Å²) in [5, 5.41) is 9.93. The first-order chi connectivity index (χ1) is 4.63. The van der Waals surface area contributed by atoms with E-state index in [9.17, 15) is 9.90 Å². The molecular weight excluding hydrogens is 329 g/mol. The summed E-state index contributed by atoms with van der Waals surface area (Å²) in [6.45, 7) is 4.28. The zero-order valence-electron chi connectivity index (χ0n) is 7.43. The van der Waals surface area contributed by atoms with E-state index in [1.165, 1.54) is 0 Å². The number of aliphatic carboxylic acids is 1. The van der Waals surface area contributed by atoms with Crippen molar-refractivity contribution in [2.45, 2.75) is 39.5 Å². The fourth-order valence-corrected chi connectivity index (χ4v) is 0.822. The Morgan fingerprint density at radius 3 is 2.27 bits per heavy atom. The molecule has 0 saturated heterocycles. The molecular formula is C8H15HgO2. The van der Waals surface area contributed by atoms with Gasteiger partial charge >= 0.3 is 27.7 Å². The van der Waals surface area contributed by atoms with Gasteiger partial charge in [-0.3, -0.25) is 0 Å². The van der Waals surface area contributed by atoms with E-state index in [1.54, 1.807) is 0 Å². The van der Waals surface area contributed by atoms with Gasteiger partial charge in [-0.05, 0) is 18.8 Å². The van der Waals surface area contributed by atoms with Crippen LogP contribution in [0.4, 0.5) is 0 Å². The molecule has 0 unspecified atom stereocenters. The number of hydrogen-bond donors (Lipinski definition) is 0. The van der Waals surface area contributed by atoms with Crippen molar-refractivity contribution >= 4 is 5.97 Å². The van der Waals surface area contributed by atoms with Crippen LogP contribution >= 0.6 is 0 Å². The summed E-state index contributed by atoms with van der Waals surface area (Å²) < 4.78 is 0. The maximum atomic E-state index is 9.93. The largest absolute Gasteiger partial charge is 1.00 e. The molecule has 0 aliphatic carbocycles. The van der Waals surface area contributed by atoms with E-state index < -0.39 is 5.97 Å². The fraction of sp³-hybridized carbons (Fsp3) is 0.875.